The number of ether oxygens (including phenoxy) is 1. The van der Waals surface area contributed by atoms with Crippen LogP contribution < -0.4 is 10.1 Å². The van der Waals surface area contributed by atoms with Crippen molar-refractivity contribution in [3.63, 3.8) is 0 Å². The molecule has 0 saturated heterocycles. The van der Waals surface area contributed by atoms with Crippen LogP contribution in [0.3, 0.4) is 0 Å². The van der Waals surface area contributed by atoms with Gasteiger partial charge >= 0.3 is 0 Å². The van der Waals surface area contributed by atoms with Crippen LogP contribution in [0.2, 0.25) is 5.02 Å². The third-order valence-corrected chi connectivity index (χ3v) is 4.55. The van der Waals surface area contributed by atoms with E-state index in [9.17, 15) is 5.11 Å². The highest BCUT2D eigenvalue weighted by molar-refractivity contribution is 6.31. The first-order chi connectivity index (χ1) is 13.5. The summed E-state index contributed by atoms with van der Waals surface area (Å²) in [7, 11) is 0. The van der Waals surface area contributed by atoms with Crippen molar-refractivity contribution in [2.45, 2.75) is 32.4 Å². The zero-order valence-corrected chi connectivity index (χ0v) is 16.6. The van der Waals surface area contributed by atoms with Crippen LogP contribution in [0.25, 0.3) is 11.0 Å². The molecule has 0 fully saturated rings. The number of nitriles is 1. The third-order valence-electron chi connectivity index (χ3n) is 4.31. The molecule has 0 unspecified atom stereocenters. The number of fused-ring (bicyclic) bond motifs is 1. The Hall–Kier alpha value is -2.75. The molecule has 0 spiro atoms. The van der Waals surface area contributed by atoms with Gasteiger partial charge in [-0.05, 0) is 49.7 Å². The Morgan fingerprint density at radius 1 is 1.25 bits per heavy atom. The highest BCUT2D eigenvalue weighted by Gasteiger charge is 2.15. The van der Waals surface area contributed by atoms with Gasteiger partial charge in [-0.2, -0.15) is 5.26 Å². The maximum Gasteiger partial charge on any atom is 0.204 e. The molecule has 0 aliphatic heterocycles. The number of aromatic nitrogens is 2. The quantitative estimate of drug-likeness (QED) is 0.594. The summed E-state index contributed by atoms with van der Waals surface area (Å²) in [6, 6.07) is 15.2. The summed E-state index contributed by atoms with van der Waals surface area (Å²) in [4.78, 5) is 4.61. The van der Waals surface area contributed by atoms with Crippen LogP contribution in [-0.2, 0) is 6.42 Å². The molecule has 2 aromatic carbocycles. The van der Waals surface area contributed by atoms with Crippen LogP contribution in [0.4, 0.5) is 5.95 Å². The second kappa shape index (κ2) is 8.96. The van der Waals surface area contributed by atoms with Gasteiger partial charge in [0.25, 0.3) is 0 Å². The van der Waals surface area contributed by atoms with Crippen LogP contribution in [0, 0.1) is 11.3 Å². The van der Waals surface area contributed by atoms with Crippen LogP contribution in [0.1, 0.15) is 25.5 Å². The minimum absolute atomic E-state index is 0.151. The van der Waals surface area contributed by atoms with Gasteiger partial charge < -0.3 is 19.7 Å². The fraction of sp³-hybridized carbons (Fsp3) is 0.333. The lowest BCUT2D eigenvalue weighted by Gasteiger charge is -2.17. The van der Waals surface area contributed by atoms with E-state index < -0.39 is 6.10 Å². The lowest BCUT2D eigenvalue weighted by molar-refractivity contribution is 0.117. The fourth-order valence-corrected chi connectivity index (χ4v) is 3.14. The largest absolute Gasteiger partial charge is 0.491 e. The highest BCUT2D eigenvalue weighted by Crippen LogP contribution is 2.26. The number of halogens is 1. The average molecular weight is 399 g/mol. The zero-order chi connectivity index (χ0) is 20.1. The number of nitrogens with zero attached hydrogens (tertiary/aromatic N) is 3. The molecule has 7 heteroatoms. The second-order valence-corrected chi connectivity index (χ2v) is 7.29. The first-order valence-electron chi connectivity index (χ1n) is 9.16. The van der Waals surface area contributed by atoms with E-state index in [0.717, 1.165) is 16.6 Å². The van der Waals surface area contributed by atoms with Gasteiger partial charge in [0.2, 0.25) is 5.95 Å². The van der Waals surface area contributed by atoms with E-state index in [2.05, 4.69) is 34.8 Å². The van der Waals surface area contributed by atoms with Crippen molar-refractivity contribution in [3.05, 3.63) is 53.1 Å². The Balaban J connectivity index is 1.60. The van der Waals surface area contributed by atoms with Crippen LogP contribution in [0.5, 0.6) is 5.75 Å². The molecule has 2 N–H and O–H groups in total. The molecule has 146 valence electrons. The van der Waals surface area contributed by atoms with E-state index in [0.29, 0.717) is 29.7 Å². The van der Waals surface area contributed by atoms with Crippen molar-refractivity contribution in [1.82, 2.24) is 9.55 Å². The molecule has 0 aliphatic carbocycles. The van der Waals surface area contributed by atoms with E-state index in [-0.39, 0.29) is 12.6 Å². The summed E-state index contributed by atoms with van der Waals surface area (Å²) in [5, 5.41) is 22.8. The topological polar surface area (TPSA) is 83.1 Å². The van der Waals surface area contributed by atoms with Crippen molar-refractivity contribution < 1.29 is 9.84 Å². The standard InChI is InChI=1S/C21H23ClN4O2/c1-14(2)26-20-11-16(22)5-8-19(20)25-21(26)24-12-17(27)13-28-18-6-3-15(4-7-18)9-10-23/h3-8,11,14,17,27H,9,12-13H2,1-2H3,(H,24,25)/t17-/m0/s1. The molecular weight excluding hydrogens is 376 g/mol. The molecule has 6 nitrogen and oxygen atoms in total. The van der Waals surface area contributed by atoms with Crippen molar-refractivity contribution in [2.24, 2.45) is 0 Å². The van der Waals surface area contributed by atoms with Crippen LogP contribution in [-0.4, -0.2) is 33.9 Å². The zero-order valence-electron chi connectivity index (χ0n) is 15.9. The number of imidazole rings is 1. The number of aliphatic hydroxyl groups excluding tert-OH is 1. The van der Waals surface area contributed by atoms with Gasteiger partial charge in [0.05, 0.1) is 23.5 Å². The molecule has 0 bridgehead atoms. The lowest BCUT2D eigenvalue weighted by Crippen LogP contribution is -2.27. The summed E-state index contributed by atoms with van der Waals surface area (Å²) < 4.78 is 7.68. The number of nitrogens with one attached hydrogen (secondary N) is 1. The molecular formula is C21H23ClN4O2. The van der Waals surface area contributed by atoms with Gasteiger partial charge in [0.1, 0.15) is 18.5 Å². The number of hydrogen-bond donors (Lipinski definition) is 2. The molecule has 1 atom stereocenters. The first kappa shape index (κ1) is 20.0. The molecule has 3 rings (SSSR count). The summed E-state index contributed by atoms with van der Waals surface area (Å²) in [6.07, 6.45) is -0.336. The van der Waals surface area contributed by atoms with E-state index in [1.165, 1.54) is 0 Å². The minimum Gasteiger partial charge on any atom is -0.491 e. The van der Waals surface area contributed by atoms with Crippen molar-refractivity contribution >= 4 is 28.6 Å². The maximum atomic E-state index is 10.3. The molecule has 3 aromatic rings. The van der Waals surface area contributed by atoms with Crippen molar-refractivity contribution in [3.8, 4) is 11.8 Å². The minimum atomic E-state index is -0.706. The van der Waals surface area contributed by atoms with Crippen LogP contribution in [0.15, 0.2) is 42.5 Å². The number of anilines is 1. The number of hydrogen-bond acceptors (Lipinski definition) is 5. The Kier molecular flexibility index (Phi) is 6.40. The first-order valence-corrected chi connectivity index (χ1v) is 9.54. The molecule has 28 heavy (non-hydrogen) atoms. The highest BCUT2D eigenvalue weighted by atomic mass is 35.5. The van der Waals surface area contributed by atoms with E-state index in [4.69, 9.17) is 21.6 Å². The van der Waals surface area contributed by atoms with E-state index in [1.807, 2.05) is 30.3 Å². The van der Waals surface area contributed by atoms with Gasteiger partial charge in [0, 0.05) is 17.6 Å². The third kappa shape index (κ3) is 4.75. The Morgan fingerprint density at radius 3 is 2.68 bits per heavy atom. The second-order valence-electron chi connectivity index (χ2n) is 6.86. The normalized spacial score (nSPS) is 12.1. The average Bonchev–Trinajstić information content (AvgIpc) is 3.03. The van der Waals surface area contributed by atoms with Gasteiger partial charge in [0.15, 0.2) is 0 Å². The van der Waals surface area contributed by atoms with E-state index in [1.54, 1.807) is 12.1 Å². The van der Waals surface area contributed by atoms with Crippen molar-refractivity contribution in [1.29, 1.82) is 5.26 Å². The van der Waals surface area contributed by atoms with Gasteiger partial charge in [-0.1, -0.05) is 23.7 Å². The number of benzene rings is 2. The summed E-state index contributed by atoms with van der Waals surface area (Å²) in [5.74, 6) is 1.34. The van der Waals surface area contributed by atoms with Crippen molar-refractivity contribution in [2.75, 3.05) is 18.5 Å². The lowest BCUT2D eigenvalue weighted by atomic mass is 10.2. The van der Waals surface area contributed by atoms with Gasteiger partial charge in [-0.3, -0.25) is 0 Å². The summed E-state index contributed by atoms with van der Waals surface area (Å²) in [6.45, 7) is 4.60. The molecule has 0 radical (unpaired) electrons. The van der Waals surface area contributed by atoms with E-state index >= 15 is 0 Å². The SMILES string of the molecule is CC(C)n1c(NC[C@H](O)COc2ccc(CC#N)cc2)nc2ccc(Cl)cc21. The maximum absolute atomic E-state index is 10.3. The summed E-state index contributed by atoms with van der Waals surface area (Å²) in [5.41, 5.74) is 2.74. The molecule has 1 aromatic heterocycles. The van der Waals surface area contributed by atoms with Gasteiger partial charge in [-0.25, -0.2) is 4.98 Å². The molecule has 0 amide bonds. The molecule has 0 aliphatic rings. The predicted octanol–water partition coefficient (Wildman–Crippen LogP) is 4.19. The number of aliphatic hydroxyl groups is 1. The fourth-order valence-electron chi connectivity index (χ4n) is 2.97. The Morgan fingerprint density at radius 2 is 2.00 bits per heavy atom. The summed E-state index contributed by atoms with van der Waals surface area (Å²) >= 11 is 6.12. The predicted molar refractivity (Wildman–Crippen MR) is 111 cm³/mol. The smallest absolute Gasteiger partial charge is 0.204 e. The van der Waals surface area contributed by atoms with Gasteiger partial charge in [-0.15, -0.1) is 0 Å². The monoisotopic (exact) mass is 398 g/mol. The number of rotatable bonds is 8. The Labute approximate surface area is 169 Å². The van der Waals surface area contributed by atoms with Crippen LogP contribution >= 0.6 is 11.6 Å². The molecule has 1 heterocycles. The molecule has 0 saturated carbocycles. The Bertz CT molecular complexity index is 976.